The van der Waals surface area contributed by atoms with Crippen LogP contribution in [0.3, 0.4) is 0 Å². The third-order valence-electron chi connectivity index (χ3n) is 3.13. The number of hydrogen-bond donors (Lipinski definition) is 2. The van der Waals surface area contributed by atoms with Crippen LogP contribution in [-0.4, -0.2) is 17.3 Å². The van der Waals surface area contributed by atoms with Gasteiger partial charge < -0.3 is 10.4 Å². The van der Waals surface area contributed by atoms with Crippen molar-refractivity contribution in [2.24, 2.45) is 4.99 Å². The summed E-state index contributed by atoms with van der Waals surface area (Å²) in [6.07, 6.45) is 1.33. The number of aliphatic carboxylic acids is 1. The molecule has 118 valence electrons. The minimum Gasteiger partial charge on any atom is -0.477 e. The molecular weight excluding hydrogens is 312 g/mol. The molecule has 4 nitrogen and oxygen atoms in total. The lowest BCUT2D eigenvalue weighted by Crippen LogP contribution is -2.12. The van der Waals surface area contributed by atoms with Crippen molar-refractivity contribution in [2.45, 2.75) is 13.8 Å². The van der Waals surface area contributed by atoms with Gasteiger partial charge in [-0.3, -0.25) is 4.99 Å². The van der Waals surface area contributed by atoms with Gasteiger partial charge in [-0.15, -0.1) is 0 Å². The number of aliphatic imine (C=N–C) groups is 1. The molecule has 0 atom stereocenters. The fraction of sp³-hybridized carbons (Fsp3) is 0.111. The minimum atomic E-state index is -1.15. The Hall–Kier alpha value is -2.59. The molecule has 0 aliphatic carbocycles. The normalized spacial score (nSPS) is 12.1. The Morgan fingerprint density at radius 3 is 2.09 bits per heavy atom. The number of carbonyl (C=O) groups is 1. The third-order valence-corrected chi connectivity index (χ3v) is 3.42. The zero-order valence-corrected chi connectivity index (χ0v) is 13.6. The summed E-state index contributed by atoms with van der Waals surface area (Å²) in [5.74, 6) is -1.15. The number of aryl methyl sites for hydroxylation is 2. The molecule has 23 heavy (non-hydrogen) atoms. The van der Waals surface area contributed by atoms with Crippen LogP contribution in [0.1, 0.15) is 11.1 Å². The Morgan fingerprint density at radius 1 is 1.04 bits per heavy atom. The predicted octanol–water partition coefficient (Wildman–Crippen LogP) is 4.65. The number of hydrogen-bond acceptors (Lipinski definition) is 3. The number of benzene rings is 2. The Balaban J connectivity index is 2.23. The van der Waals surface area contributed by atoms with Crippen molar-refractivity contribution >= 4 is 35.2 Å². The SMILES string of the molecule is Cc1ccc(N=CC(Cl)=C(Nc2ccc(C)cc2)C(=O)O)cc1. The Labute approximate surface area is 140 Å². The van der Waals surface area contributed by atoms with Gasteiger partial charge in [0.05, 0.1) is 10.7 Å². The molecule has 0 radical (unpaired) electrons. The first kappa shape index (κ1) is 16.8. The number of allylic oxidation sites excluding steroid dienone is 1. The van der Waals surface area contributed by atoms with Crippen LogP contribution in [-0.2, 0) is 4.79 Å². The molecule has 0 unspecified atom stereocenters. The molecule has 2 aromatic rings. The van der Waals surface area contributed by atoms with Crippen molar-refractivity contribution in [1.82, 2.24) is 0 Å². The average Bonchev–Trinajstić information content (AvgIpc) is 2.53. The second-order valence-electron chi connectivity index (χ2n) is 5.11. The van der Waals surface area contributed by atoms with Gasteiger partial charge in [0, 0.05) is 11.9 Å². The number of carboxylic acids is 1. The molecule has 0 aliphatic rings. The summed E-state index contributed by atoms with van der Waals surface area (Å²) in [6, 6.07) is 14.9. The van der Waals surface area contributed by atoms with Crippen molar-refractivity contribution in [3.05, 3.63) is 70.4 Å². The highest BCUT2D eigenvalue weighted by molar-refractivity contribution is 6.41. The van der Waals surface area contributed by atoms with Gasteiger partial charge in [-0.2, -0.15) is 0 Å². The van der Waals surface area contributed by atoms with Crippen molar-refractivity contribution in [3.63, 3.8) is 0 Å². The van der Waals surface area contributed by atoms with Gasteiger partial charge in [-0.05, 0) is 38.1 Å². The number of anilines is 1. The Kier molecular flexibility index (Phi) is 5.55. The van der Waals surface area contributed by atoms with E-state index < -0.39 is 5.97 Å². The van der Waals surface area contributed by atoms with Gasteiger partial charge in [0.25, 0.3) is 0 Å². The van der Waals surface area contributed by atoms with Crippen LogP contribution in [0.4, 0.5) is 11.4 Å². The van der Waals surface area contributed by atoms with Crippen molar-refractivity contribution in [3.8, 4) is 0 Å². The summed E-state index contributed by atoms with van der Waals surface area (Å²) in [5.41, 5.74) is 3.44. The van der Waals surface area contributed by atoms with Gasteiger partial charge in [-0.25, -0.2) is 4.79 Å². The quantitative estimate of drug-likeness (QED) is 0.620. The molecule has 5 heteroatoms. The lowest BCUT2D eigenvalue weighted by atomic mass is 10.2. The monoisotopic (exact) mass is 328 g/mol. The first-order valence-corrected chi connectivity index (χ1v) is 7.41. The molecule has 2 N–H and O–H groups in total. The maximum atomic E-state index is 11.4. The number of halogens is 1. The molecule has 0 fully saturated rings. The lowest BCUT2D eigenvalue weighted by Gasteiger charge is -2.08. The number of nitrogens with one attached hydrogen (secondary N) is 1. The van der Waals surface area contributed by atoms with Crippen molar-refractivity contribution in [2.75, 3.05) is 5.32 Å². The summed E-state index contributed by atoms with van der Waals surface area (Å²) in [6.45, 7) is 3.94. The topological polar surface area (TPSA) is 61.7 Å². The second kappa shape index (κ2) is 7.61. The van der Waals surface area contributed by atoms with Gasteiger partial charge in [0.1, 0.15) is 5.70 Å². The third kappa shape index (κ3) is 4.97. The van der Waals surface area contributed by atoms with E-state index in [-0.39, 0.29) is 10.7 Å². The number of rotatable bonds is 5. The molecule has 0 heterocycles. The van der Waals surface area contributed by atoms with E-state index >= 15 is 0 Å². The molecule has 0 aromatic heterocycles. The molecule has 0 saturated heterocycles. The van der Waals surface area contributed by atoms with E-state index in [1.165, 1.54) is 6.21 Å². The van der Waals surface area contributed by atoms with Crippen LogP contribution >= 0.6 is 11.6 Å². The largest absolute Gasteiger partial charge is 0.477 e. The molecule has 0 saturated carbocycles. The summed E-state index contributed by atoms with van der Waals surface area (Å²) in [7, 11) is 0. The molecule has 0 aliphatic heterocycles. The minimum absolute atomic E-state index is 0.0265. The zero-order chi connectivity index (χ0) is 16.8. The second-order valence-corrected chi connectivity index (χ2v) is 5.52. The standard InChI is InChI=1S/C18H17ClN2O2/c1-12-3-7-14(8-4-12)20-11-16(19)17(18(22)23)21-15-9-5-13(2)6-10-15/h3-11,21H,1-2H3,(H,22,23). The molecule has 2 rings (SSSR count). The molecular formula is C18H17ClN2O2. The van der Waals surface area contributed by atoms with E-state index in [2.05, 4.69) is 10.3 Å². The summed E-state index contributed by atoms with van der Waals surface area (Å²) < 4.78 is 0. The lowest BCUT2D eigenvalue weighted by molar-refractivity contribution is -0.132. The van der Waals surface area contributed by atoms with E-state index in [9.17, 15) is 9.90 Å². The van der Waals surface area contributed by atoms with E-state index in [1.54, 1.807) is 12.1 Å². The van der Waals surface area contributed by atoms with Crippen LogP contribution in [0.5, 0.6) is 0 Å². The van der Waals surface area contributed by atoms with Gasteiger partial charge in [0.2, 0.25) is 0 Å². The summed E-state index contributed by atoms with van der Waals surface area (Å²) in [5, 5.41) is 12.2. The van der Waals surface area contributed by atoms with E-state index in [4.69, 9.17) is 11.6 Å². The molecule has 0 bridgehead atoms. The predicted molar refractivity (Wildman–Crippen MR) is 94.6 cm³/mol. The summed E-state index contributed by atoms with van der Waals surface area (Å²) in [4.78, 5) is 15.6. The average molecular weight is 329 g/mol. The van der Waals surface area contributed by atoms with Crippen molar-refractivity contribution in [1.29, 1.82) is 0 Å². The Morgan fingerprint density at radius 2 is 1.57 bits per heavy atom. The maximum absolute atomic E-state index is 11.4. The molecule has 2 aromatic carbocycles. The molecule has 0 amide bonds. The first-order chi connectivity index (χ1) is 11.0. The number of carboxylic acid groups (broad SMARTS) is 1. The molecule has 0 spiro atoms. The summed E-state index contributed by atoms with van der Waals surface area (Å²) >= 11 is 6.09. The number of nitrogens with zero attached hydrogens (tertiary/aromatic N) is 1. The van der Waals surface area contributed by atoms with Crippen LogP contribution in [0.15, 0.2) is 64.3 Å². The maximum Gasteiger partial charge on any atom is 0.353 e. The van der Waals surface area contributed by atoms with Gasteiger partial charge >= 0.3 is 5.97 Å². The van der Waals surface area contributed by atoms with Crippen LogP contribution in [0, 0.1) is 13.8 Å². The van der Waals surface area contributed by atoms with Crippen LogP contribution in [0.25, 0.3) is 0 Å². The highest BCUT2D eigenvalue weighted by atomic mass is 35.5. The van der Waals surface area contributed by atoms with E-state index in [0.29, 0.717) is 11.4 Å². The highest BCUT2D eigenvalue weighted by Gasteiger charge is 2.12. The smallest absolute Gasteiger partial charge is 0.353 e. The van der Waals surface area contributed by atoms with Crippen LogP contribution < -0.4 is 5.32 Å². The van der Waals surface area contributed by atoms with Crippen molar-refractivity contribution < 1.29 is 9.90 Å². The highest BCUT2D eigenvalue weighted by Crippen LogP contribution is 2.17. The Bertz CT molecular complexity index is 748. The fourth-order valence-electron chi connectivity index (χ4n) is 1.82. The van der Waals surface area contributed by atoms with Gasteiger partial charge in [-0.1, -0.05) is 47.0 Å². The van der Waals surface area contributed by atoms with E-state index in [0.717, 1.165) is 11.1 Å². The first-order valence-electron chi connectivity index (χ1n) is 7.03. The fourth-order valence-corrected chi connectivity index (χ4v) is 2.00. The zero-order valence-electron chi connectivity index (χ0n) is 12.9. The van der Waals surface area contributed by atoms with E-state index in [1.807, 2.05) is 50.2 Å². The van der Waals surface area contributed by atoms with Gasteiger partial charge in [0.15, 0.2) is 0 Å². The van der Waals surface area contributed by atoms with Crippen LogP contribution in [0.2, 0.25) is 0 Å².